The summed E-state index contributed by atoms with van der Waals surface area (Å²) in [6, 6.07) is 22.6. The number of hydrogen-bond acceptors (Lipinski definition) is 1. The summed E-state index contributed by atoms with van der Waals surface area (Å²) in [6.45, 7) is 0. The van der Waals surface area contributed by atoms with Crippen molar-refractivity contribution in [1.29, 1.82) is 0 Å². The van der Waals surface area contributed by atoms with Crippen LogP contribution in [0.4, 0.5) is 4.39 Å². The van der Waals surface area contributed by atoms with Crippen LogP contribution in [0.5, 0.6) is 0 Å². The van der Waals surface area contributed by atoms with Crippen LogP contribution in [0.2, 0.25) is 0 Å². The third-order valence-electron chi connectivity index (χ3n) is 3.92. The van der Waals surface area contributed by atoms with E-state index in [1.165, 1.54) is 6.07 Å². The van der Waals surface area contributed by atoms with Crippen molar-refractivity contribution in [3.63, 3.8) is 0 Å². The molecule has 0 spiro atoms. The Morgan fingerprint density at radius 2 is 1.54 bits per heavy atom. The zero-order chi connectivity index (χ0) is 18.4. The molecule has 0 aromatic heterocycles. The van der Waals surface area contributed by atoms with Gasteiger partial charge in [0, 0.05) is 11.1 Å². The predicted octanol–water partition coefficient (Wildman–Crippen LogP) is 4.66. The summed E-state index contributed by atoms with van der Waals surface area (Å²) in [5, 5.41) is 0. The third-order valence-corrected chi connectivity index (χ3v) is 4.47. The number of rotatable bonds is 4. The largest absolute Gasteiger partial charge is 0.306 e. The van der Waals surface area contributed by atoms with Crippen molar-refractivity contribution >= 4 is 11.1 Å². The summed E-state index contributed by atoms with van der Waals surface area (Å²) in [7, 11) is 0. The van der Waals surface area contributed by atoms with Gasteiger partial charge in [-0.15, -0.1) is 0 Å². The first-order valence-corrected chi connectivity index (χ1v) is 9.43. The van der Waals surface area contributed by atoms with Gasteiger partial charge in [-0.3, -0.25) is 0 Å². The van der Waals surface area contributed by atoms with Crippen LogP contribution in [-0.4, -0.2) is 14.5 Å². The van der Waals surface area contributed by atoms with Crippen molar-refractivity contribution in [1.82, 2.24) is 0 Å². The summed E-state index contributed by atoms with van der Waals surface area (Å²) in [5.74, 6) is 5.66. The highest BCUT2D eigenvalue weighted by atomic mass is 32.2. The molecule has 0 saturated carbocycles. The van der Waals surface area contributed by atoms with Gasteiger partial charge in [0.05, 0.1) is 5.75 Å². The zero-order valence-corrected chi connectivity index (χ0v) is 14.8. The molecule has 3 aromatic carbocycles. The zero-order valence-electron chi connectivity index (χ0n) is 14.0. The van der Waals surface area contributed by atoms with Crippen LogP contribution in [0.1, 0.15) is 16.7 Å². The number of benzene rings is 3. The minimum atomic E-state index is -1.92. The van der Waals surface area contributed by atoms with Gasteiger partial charge in [-0.05, 0) is 47.4 Å². The van der Waals surface area contributed by atoms with E-state index in [0.717, 1.165) is 16.7 Å². The van der Waals surface area contributed by atoms with E-state index in [4.69, 9.17) is 4.55 Å². The standard InChI is InChI=1S/C22H17FO2S/c23-22-16-18(11-12-20(22)13-14-26(24)25)10-9-17-5-4-8-21(15-17)19-6-2-1-3-7-19/h1-8,11-12,15-16H,13-14H2,(H,24,25). The maximum Gasteiger partial charge on any atom is 0.153 e. The van der Waals surface area contributed by atoms with Gasteiger partial charge in [0.2, 0.25) is 0 Å². The Bertz CT molecular complexity index is 988. The Hall–Kier alpha value is -2.74. The molecule has 26 heavy (non-hydrogen) atoms. The summed E-state index contributed by atoms with van der Waals surface area (Å²) in [6.07, 6.45) is 0.224. The summed E-state index contributed by atoms with van der Waals surface area (Å²) in [5.41, 5.74) is 4.04. The highest BCUT2D eigenvalue weighted by molar-refractivity contribution is 7.79. The monoisotopic (exact) mass is 364 g/mol. The van der Waals surface area contributed by atoms with E-state index in [0.29, 0.717) is 11.1 Å². The van der Waals surface area contributed by atoms with Crippen LogP contribution in [0.25, 0.3) is 11.1 Å². The molecule has 2 nitrogen and oxygen atoms in total. The van der Waals surface area contributed by atoms with E-state index < -0.39 is 16.9 Å². The molecule has 0 bridgehead atoms. The van der Waals surface area contributed by atoms with Gasteiger partial charge in [0.25, 0.3) is 0 Å². The molecule has 0 heterocycles. The van der Waals surface area contributed by atoms with E-state index in [9.17, 15) is 8.60 Å². The van der Waals surface area contributed by atoms with E-state index in [-0.39, 0.29) is 12.2 Å². The van der Waals surface area contributed by atoms with Crippen molar-refractivity contribution in [2.24, 2.45) is 0 Å². The van der Waals surface area contributed by atoms with Crippen molar-refractivity contribution in [2.45, 2.75) is 6.42 Å². The van der Waals surface area contributed by atoms with Crippen molar-refractivity contribution < 1.29 is 13.2 Å². The van der Waals surface area contributed by atoms with Crippen molar-refractivity contribution in [3.05, 3.63) is 95.3 Å². The maximum absolute atomic E-state index is 14.1. The molecule has 1 unspecified atom stereocenters. The normalized spacial score (nSPS) is 11.5. The van der Waals surface area contributed by atoms with Crippen LogP contribution in [-0.2, 0) is 17.5 Å². The van der Waals surface area contributed by atoms with Gasteiger partial charge in [-0.2, -0.15) is 0 Å². The highest BCUT2D eigenvalue weighted by Crippen LogP contribution is 2.19. The summed E-state index contributed by atoms with van der Waals surface area (Å²) < 4.78 is 33.6. The first-order valence-electron chi connectivity index (χ1n) is 8.15. The second-order valence-electron chi connectivity index (χ2n) is 5.78. The van der Waals surface area contributed by atoms with Crippen LogP contribution in [0, 0.1) is 17.7 Å². The molecule has 0 amide bonds. The molecular weight excluding hydrogens is 347 g/mol. The molecule has 0 radical (unpaired) electrons. The van der Waals surface area contributed by atoms with Gasteiger partial charge in [-0.1, -0.05) is 60.4 Å². The molecule has 0 aliphatic heterocycles. The van der Waals surface area contributed by atoms with Crippen LogP contribution >= 0.6 is 0 Å². The second kappa shape index (κ2) is 8.57. The fraction of sp³-hybridized carbons (Fsp3) is 0.0909. The van der Waals surface area contributed by atoms with E-state index in [1.54, 1.807) is 12.1 Å². The molecule has 0 fully saturated rings. The summed E-state index contributed by atoms with van der Waals surface area (Å²) >= 11 is -1.92. The van der Waals surface area contributed by atoms with E-state index in [2.05, 4.69) is 11.8 Å². The van der Waals surface area contributed by atoms with Crippen LogP contribution in [0.15, 0.2) is 72.8 Å². The molecular formula is C22H17FO2S. The van der Waals surface area contributed by atoms with Crippen molar-refractivity contribution in [3.8, 4) is 23.0 Å². The predicted molar refractivity (Wildman–Crippen MR) is 104 cm³/mol. The lowest BCUT2D eigenvalue weighted by molar-refractivity contribution is 0.562. The van der Waals surface area contributed by atoms with Gasteiger partial charge in [0.1, 0.15) is 5.82 Å². The average molecular weight is 364 g/mol. The average Bonchev–Trinajstić information content (AvgIpc) is 2.66. The lowest BCUT2D eigenvalue weighted by atomic mass is 10.0. The molecule has 1 atom stereocenters. The van der Waals surface area contributed by atoms with Gasteiger partial charge in [0.15, 0.2) is 11.1 Å². The van der Waals surface area contributed by atoms with E-state index in [1.807, 2.05) is 54.6 Å². The minimum Gasteiger partial charge on any atom is -0.306 e. The maximum atomic E-state index is 14.1. The Morgan fingerprint density at radius 3 is 2.23 bits per heavy atom. The fourth-order valence-electron chi connectivity index (χ4n) is 2.58. The fourth-order valence-corrected chi connectivity index (χ4v) is 2.97. The first-order chi connectivity index (χ1) is 12.6. The Kier molecular flexibility index (Phi) is 5.96. The lowest BCUT2D eigenvalue weighted by Gasteiger charge is -2.02. The quantitative estimate of drug-likeness (QED) is 0.540. The summed E-state index contributed by atoms with van der Waals surface area (Å²) in [4.78, 5) is 0. The second-order valence-corrected chi connectivity index (χ2v) is 6.83. The third kappa shape index (κ3) is 4.89. The molecule has 0 aliphatic rings. The highest BCUT2D eigenvalue weighted by Gasteiger charge is 2.04. The Balaban J connectivity index is 1.79. The number of halogens is 1. The molecule has 4 heteroatoms. The van der Waals surface area contributed by atoms with Gasteiger partial charge in [-0.25, -0.2) is 8.60 Å². The van der Waals surface area contributed by atoms with Crippen LogP contribution in [0.3, 0.4) is 0 Å². The smallest absolute Gasteiger partial charge is 0.153 e. The van der Waals surface area contributed by atoms with Crippen LogP contribution < -0.4 is 0 Å². The SMILES string of the molecule is O=S(O)CCc1ccc(C#Cc2cccc(-c3ccccc3)c2)cc1F. The van der Waals surface area contributed by atoms with Gasteiger partial charge < -0.3 is 4.55 Å². The van der Waals surface area contributed by atoms with Crippen molar-refractivity contribution in [2.75, 3.05) is 5.75 Å². The van der Waals surface area contributed by atoms with Gasteiger partial charge >= 0.3 is 0 Å². The van der Waals surface area contributed by atoms with E-state index >= 15 is 0 Å². The molecule has 130 valence electrons. The lowest BCUT2D eigenvalue weighted by Crippen LogP contribution is -2.01. The Morgan fingerprint density at radius 1 is 0.846 bits per heavy atom. The topological polar surface area (TPSA) is 37.3 Å². The number of hydrogen-bond donors (Lipinski definition) is 1. The minimum absolute atomic E-state index is 0.0220. The number of aryl methyl sites for hydroxylation is 1. The first kappa shape index (κ1) is 18.1. The Labute approximate surface area is 155 Å². The molecule has 3 aromatic rings. The molecule has 1 N–H and O–H groups in total. The molecule has 3 rings (SSSR count). The molecule has 0 saturated heterocycles. The molecule has 0 aliphatic carbocycles.